The highest BCUT2D eigenvalue weighted by molar-refractivity contribution is 5.57. The van der Waals surface area contributed by atoms with Gasteiger partial charge in [-0.2, -0.15) is 0 Å². The lowest BCUT2D eigenvalue weighted by Crippen LogP contribution is -1.88. The Morgan fingerprint density at radius 2 is 2.00 bits per heavy atom. The summed E-state index contributed by atoms with van der Waals surface area (Å²) in [5.41, 5.74) is 0.858. The molecule has 0 fully saturated rings. The average molecular weight is 173 g/mol. The van der Waals surface area contributed by atoms with Crippen molar-refractivity contribution in [3.63, 3.8) is 0 Å². The molecule has 0 aliphatic rings. The fourth-order valence-corrected chi connectivity index (χ4v) is 1.04. The summed E-state index contributed by atoms with van der Waals surface area (Å²) in [6.45, 7) is 0. The molecule has 13 heavy (non-hydrogen) atoms. The molecular weight excluding hydrogens is 167 g/mol. The number of hydrogen-bond donors (Lipinski definition) is 0. The molecule has 0 N–H and O–H groups in total. The summed E-state index contributed by atoms with van der Waals surface area (Å²) < 4.78 is 13.2. The summed E-state index contributed by atoms with van der Waals surface area (Å²) in [6, 6.07) is 6.36. The Kier molecular flexibility index (Phi) is 2.00. The third-order valence-corrected chi connectivity index (χ3v) is 1.62. The van der Waals surface area contributed by atoms with Crippen molar-refractivity contribution in [2.45, 2.75) is 0 Å². The van der Waals surface area contributed by atoms with E-state index in [0.29, 0.717) is 5.56 Å². The van der Waals surface area contributed by atoms with Gasteiger partial charge in [-0.15, -0.1) is 0 Å². The molecule has 0 aromatic carbocycles. The Bertz CT molecular complexity index is 401. The number of aromatic nitrogens is 2. The van der Waals surface area contributed by atoms with Gasteiger partial charge in [0.1, 0.15) is 11.5 Å². The molecule has 0 saturated carbocycles. The summed E-state index contributed by atoms with van der Waals surface area (Å²) in [6.07, 6.45) is 5.80. The molecule has 0 spiro atoms. The van der Waals surface area contributed by atoms with Crippen molar-refractivity contribution in [1.29, 1.82) is 0 Å². The maximum absolute atomic E-state index is 13.2. The number of nitrogens with zero attached hydrogens (tertiary/aromatic N) is 2. The van der Waals surface area contributed by atoms with Crippen molar-refractivity contribution >= 4 is 0 Å². The third kappa shape index (κ3) is 1.54. The van der Waals surface area contributed by atoms with Gasteiger partial charge < -0.3 is 0 Å². The number of rotatable bonds is 1. The van der Waals surface area contributed by atoms with Crippen LogP contribution in [0.1, 0.15) is 0 Å². The standard InChI is InChI=1S/C10H6FN2/c11-9-4-2-6-13-10(9)8-3-1-5-12-7-8/h1-6H. The number of pyridine rings is 2. The second-order valence-electron chi connectivity index (χ2n) is 2.50. The second kappa shape index (κ2) is 3.31. The Labute approximate surface area is 75.1 Å². The quantitative estimate of drug-likeness (QED) is 0.659. The molecule has 1 radical (unpaired) electrons. The lowest BCUT2D eigenvalue weighted by Gasteiger charge is -1.98. The first-order valence-electron chi connectivity index (χ1n) is 3.81. The lowest BCUT2D eigenvalue weighted by atomic mass is 10.2. The number of hydrogen-bond acceptors (Lipinski definition) is 2. The highest BCUT2D eigenvalue weighted by Crippen LogP contribution is 2.17. The van der Waals surface area contributed by atoms with E-state index in [1.807, 2.05) is 0 Å². The van der Waals surface area contributed by atoms with E-state index >= 15 is 0 Å². The van der Waals surface area contributed by atoms with E-state index < -0.39 is 0 Å². The Morgan fingerprint density at radius 1 is 1.15 bits per heavy atom. The minimum Gasteiger partial charge on any atom is -0.254 e. The molecule has 2 nitrogen and oxygen atoms in total. The van der Waals surface area contributed by atoms with E-state index in [-0.39, 0.29) is 11.5 Å². The molecule has 2 rings (SSSR count). The molecule has 2 aromatic rings. The van der Waals surface area contributed by atoms with Gasteiger partial charge in [-0.05, 0) is 24.3 Å². The Hall–Kier alpha value is -1.77. The molecule has 0 amide bonds. The minimum atomic E-state index is -0.355. The summed E-state index contributed by atoms with van der Waals surface area (Å²) >= 11 is 0. The molecule has 0 aliphatic heterocycles. The Morgan fingerprint density at radius 3 is 2.69 bits per heavy atom. The van der Waals surface area contributed by atoms with Crippen LogP contribution in [0, 0.1) is 12.0 Å². The SMILES string of the molecule is Fc1cccnc1-c1[c]nccc1. The molecule has 0 unspecified atom stereocenters. The molecule has 2 heterocycles. The van der Waals surface area contributed by atoms with Crippen molar-refractivity contribution in [2.75, 3.05) is 0 Å². The molecule has 3 heteroatoms. The van der Waals surface area contributed by atoms with Gasteiger partial charge in [0.05, 0.1) is 6.20 Å². The zero-order chi connectivity index (χ0) is 9.10. The highest BCUT2D eigenvalue weighted by atomic mass is 19.1. The summed E-state index contributed by atoms with van der Waals surface area (Å²) in [7, 11) is 0. The maximum atomic E-state index is 13.2. The fourth-order valence-electron chi connectivity index (χ4n) is 1.04. The summed E-state index contributed by atoms with van der Waals surface area (Å²) in [4.78, 5) is 7.67. The van der Waals surface area contributed by atoms with Crippen molar-refractivity contribution in [1.82, 2.24) is 9.97 Å². The van der Waals surface area contributed by atoms with E-state index in [2.05, 4.69) is 16.2 Å². The van der Waals surface area contributed by atoms with Gasteiger partial charge in [0.2, 0.25) is 0 Å². The van der Waals surface area contributed by atoms with Crippen molar-refractivity contribution < 1.29 is 4.39 Å². The third-order valence-electron chi connectivity index (χ3n) is 1.62. The van der Waals surface area contributed by atoms with Crippen LogP contribution < -0.4 is 0 Å². The first kappa shape index (κ1) is 7.86. The van der Waals surface area contributed by atoms with Crippen LogP contribution in [-0.2, 0) is 0 Å². The predicted octanol–water partition coefficient (Wildman–Crippen LogP) is 2.08. The first-order valence-corrected chi connectivity index (χ1v) is 3.81. The maximum Gasteiger partial charge on any atom is 0.149 e. The normalized spacial score (nSPS) is 9.92. The second-order valence-corrected chi connectivity index (χ2v) is 2.50. The molecule has 0 aliphatic carbocycles. The van der Waals surface area contributed by atoms with Gasteiger partial charge in [0.25, 0.3) is 0 Å². The smallest absolute Gasteiger partial charge is 0.149 e. The molecule has 0 bridgehead atoms. The topological polar surface area (TPSA) is 25.8 Å². The van der Waals surface area contributed by atoms with Crippen LogP contribution in [0.5, 0.6) is 0 Å². The van der Waals surface area contributed by atoms with Gasteiger partial charge in [-0.1, -0.05) is 0 Å². The zero-order valence-electron chi connectivity index (χ0n) is 6.74. The molecule has 2 aromatic heterocycles. The van der Waals surface area contributed by atoms with Crippen LogP contribution in [-0.4, -0.2) is 9.97 Å². The van der Waals surface area contributed by atoms with E-state index in [4.69, 9.17) is 0 Å². The average Bonchev–Trinajstić information content (AvgIpc) is 2.20. The monoisotopic (exact) mass is 173 g/mol. The fraction of sp³-hybridized carbons (Fsp3) is 0. The van der Waals surface area contributed by atoms with Crippen molar-refractivity contribution in [3.8, 4) is 11.3 Å². The van der Waals surface area contributed by atoms with Crippen LogP contribution in [0.2, 0.25) is 0 Å². The molecule has 0 saturated heterocycles. The van der Waals surface area contributed by atoms with Gasteiger partial charge in [-0.25, -0.2) is 4.39 Å². The zero-order valence-corrected chi connectivity index (χ0v) is 6.74. The minimum absolute atomic E-state index is 0.288. The van der Waals surface area contributed by atoms with Crippen molar-refractivity contribution in [2.24, 2.45) is 0 Å². The summed E-state index contributed by atoms with van der Waals surface area (Å²) in [5, 5.41) is 0. The van der Waals surface area contributed by atoms with Crippen molar-refractivity contribution in [3.05, 3.63) is 48.7 Å². The van der Waals surface area contributed by atoms with Crippen LogP contribution in [0.25, 0.3) is 11.3 Å². The van der Waals surface area contributed by atoms with Crippen LogP contribution >= 0.6 is 0 Å². The van der Waals surface area contributed by atoms with Crippen LogP contribution in [0.15, 0.2) is 36.7 Å². The van der Waals surface area contributed by atoms with Gasteiger partial charge in [0.15, 0.2) is 0 Å². The predicted molar refractivity (Wildman–Crippen MR) is 46.3 cm³/mol. The van der Waals surface area contributed by atoms with Crippen LogP contribution in [0.4, 0.5) is 4.39 Å². The number of halogens is 1. The summed E-state index contributed by atoms with van der Waals surface area (Å²) in [5.74, 6) is -0.355. The first-order chi connectivity index (χ1) is 6.38. The van der Waals surface area contributed by atoms with E-state index in [1.54, 1.807) is 30.6 Å². The van der Waals surface area contributed by atoms with E-state index in [0.717, 1.165) is 0 Å². The van der Waals surface area contributed by atoms with Gasteiger partial charge in [0, 0.05) is 18.0 Å². The lowest BCUT2D eigenvalue weighted by molar-refractivity contribution is 0.625. The Balaban J connectivity index is 2.54. The van der Waals surface area contributed by atoms with E-state index in [1.165, 1.54) is 6.07 Å². The highest BCUT2D eigenvalue weighted by Gasteiger charge is 2.04. The largest absolute Gasteiger partial charge is 0.254 e. The van der Waals surface area contributed by atoms with Gasteiger partial charge in [-0.3, -0.25) is 9.97 Å². The van der Waals surface area contributed by atoms with Gasteiger partial charge >= 0.3 is 0 Å². The van der Waals surface area contributed by atoms with Crippen LogP contribution in [0.3, 0.4) is 0 Å². The molecule has 0 atom stereocenters. The van der Waals surface area contributed by atoms with E-state index in [9.17, 15) is 4.39 Å². The molecular formula is C10H6FN2. The molecule has 63 valence electrons.